The van der Waals surface area contributed by atoms with Crippen molar-refractivity contribution in [3.63, 3.8) is 0 Å². The Morgan fingerprint density at radius 3 is 2.81 bits per heavy atom. The van der Waals surface area contributed by atoms with Crippen LogP contribution in [0.25, 0.3) is 32.9 Å². The molecule has 3 saturated heterocycles. The lowest BCUT2D eigenvalue weighted by molar-refractivity contribution is 0.0326. The van der Waals surface area contributed by atoms with Gasteiger partial charge in [0.25, 0.3) is 0 Å². The molecule has 250 valence electrons. The first-order valence-electron chi connectivity index (χ1n) is 17.1. The topological polar surface area (TPSA) is 84.9 Å². The van der Waals surface area contributed by atoms with E-state index in [1.807, 2.05) is 26.0 Å². The molecule has 3 atom stereocenters. The maximum Gasteiger partial charge on any atom is 0.319 e. The van der Waals surface area contributed by atoms with Crippen LogP contribution in [-0.2, 0) is 9.47 Å². The smallest absolute Gasteiger partial charge is 0.319 e. The summed E-state index contributed by atoms with van der Waals surface area (Å²) >= 11 is 0. The van der Waals surface area contributed by atoms with Crippen LogP contribution >= 0.6 is 0 Å². The minimum Gasteiger partial charge on any atom is -0.461 e. The molecule has 2 aromatic heterocycles. The lowest BCUT2D eigenvalue weighted by atomic mass is 9.94. The standard InChI is InChI=1S/C34H38F2N6O3.C2H6/c1-21-27(35)8-7-22-5-2-6-25(28(21)22)30-29(36)31-26(16-38-30)32-40-33(39-31)45-20-34-9-3-11-42(34)18-24(15-34)44-14-4-13-43-19-23-17-41(32)12-10-37-23;1-2/h2,5-8,16,23-24,37H,3-4,9-15,17-20H2,1H3;1-2H3. The monoisotopic (exact) mass is 646 g/mol. The van der Waals surface area contributed by atoms with Crippen LogP contribution in [0.1, 0.15) is 45.1 Å². The van der Waals surface area contributed by atoms with E-state index in [1.165, 1.54) is 6.07 Å². The van der Waals surface area contributed by atoms with Crippen molar-refractivity contribution < 1.29 is 23.0 Å². The molecule has 9 nitrogen and oxygen atoms in total. The maximum absolute atomic E-state index is 16.8. The van der Waals surface area contributed by atoms with E-state index < -0.39 is 5.82 Å². The zero-order valence-corrected chi connectivity index (χ0v) is 27.5. The number of ether oxygens (including phenoxy) is 3. The number of rotatable bonds is 1. The largest absolute Gasteiger partial charge is 0.461 e. The molecule has 4 aliphatic rings. The Morgan fingerprint density at radius 1 is 1.02 bits per heavy atom. The zero-order valence-electron chi connectivity index (χ0n) is 27.5. The average Bonchev–Trinajstić information content (AvgIpc) is 3.65. The molecule has 0 aliphatic carbocycles. The summed E-state index contributed by atoms with van der Waals surface area (Å²) in [5.74, 6) is -0.325. The molecular weight excluding hydrogens is 602 g/mol. The number of pyridine rings is 1. The second kappa shape index (κ2) is 13.5. The molecule has 47 heavy (non-hydrogen) atoms. The quantitative estimate of drug-likeness (QED) is 0.282. The fourth-order valence-corrected chi connectivity index (χ4v) is 7.79. The summed E-state index contributed by atoms with van der Waals surface area (Å²) in [6.45, 7) is 11.9. The molecule has 3 fully saturated rings. The molecule has 1 spiro atoms. The normalized spacial score (nSPS) is 25.2. The van der Waals surface area contributed by atoms with E-state index in [0.29, 0.717) is 67.2 Å². The molecule has 6 heterocycles. The highest BCUT2D eigenvalue weighted by Crippen LogP contribution is 2.41. The molecule has 11 heteroatoms. The first-order valence-corrected chi connectivity index (χ1v) is 17.1. The van der Waals surface area contributed by atoms with Crippen molar-refractivity contribution >= 4 is 27.5 Å². The Balaban J connectivity index is 0.00000172. The highest BCUT2D eigenvalue weighted by molar-refractivity contribution is 6.00. The summed E-state index contributed by atoms with van der Waals surface area (Å²) in [5.41, 5.74) is 1.09. The number of hydrogen-bond acceptors (Lipinski definition) is 9. The van der Waals surface area contributed by atoms with Crippen LogP contribution in [0.4, 0.5) is 14.6 Å². The number of hydrogen-bond donors (Lipinski definition) is 1. The molecule has 4 aliphatic heterocycles. The number of fused-ring (bicyclic) bond motifs is 9. The SMILES string of the molecule is CC.Cc1c(F)ccc2cccc(-c3ncc4c5nc(nc4c3F)OCC34CCCN3CC(C4)OCCCOCC3CN5CCN3)c12. The van der Waals surface area contributed by atoms with E-state index in [9.17, 15) is 4.39 Å². The van der Waals surface area contributed by atoms with Gasteiger partial charge in [-0.15, -0.1) is 0 Å². The van der Waals surface area contributed by atoms with Crippen molar-refractivity contribution in [3.05, 3.63) is 53.7 Å². The van der Waals surface area contributed by atoms with E-state index in [2.05, 4.69) is 25.1 Å². The van der Waals surface area contributed by atoms with Crippen molar-refractivity contribution in [2.24, 2.45) is 0 Å². The number of halogens is 2. The van der Waals surface area contributed by atoms with Gasteiger partial charge in [0.05, 0.1) is 23.6 Å². The van der Waals surface area contributed by atoms with E-state index in [-0.39, 0.29) is 40.7 Å². The third-order valence-corrected chi connectivity index (χ3v) is 10.0. The van der Waals surface area contributed by atoms with E-state index in [4.69, 9.17) is 19.2 Å². The minimum absolute atomic E-state index is 0.0809. The molecule has 6 bridgehead atoms. The van der Waals surface area contributed by atoms with Gasteiger partial charge in [-0.05, 0) is 61.6 Å². The molecule has 1 N–H and O–H groups in total. The van der Waals surface area contributed by atoms with Crippen LogP contribution in [0.2, 0.25) is 0 Å². The van der Waals surface area contributed by atoms with Crippen LogP contribution in [-0.4, -0.2) is 96.7 Å². The third-order valence-electron chi connectivity index (χ3n) is 10.0. The number of benzene rings is 2. The van der Waals surface area contributed by atoms with Crippen LogP contribution in [0.3, 0.4) is 0 Å². The summed E-state index contributed by atoms with van der Waals surface area (Å²) in [7, 11) is 0. The predicted octanol–water partition coefficient (Wildman–Crippen LogP) is 5.66. The highest BCUT2D eigenvalue weighted by atomic mass is 19.1. The predicted molar refractivity (Wildman–Crippen MR) is 179 cm³/mol. The first kappa shape index (κ1) is 32.1. The van der Waals surface area contributed by atoms with Gasteiger partial charge < -0.3 is 24.4 Å². The van der Waals surface area contributed by atoms with Crippen LogP contribution in [0.5, 0.6) is 6.01 Å². The van der Waals surface area contributed by atoms with Crippen molar-refractivity contribution in [2.75, 3.05) is 64.1 Å². The summed E-state index contributed by atoms with van der Waals surface area (Å²) in [6, 6.07) is 8.90. The Hall–Kier alpha value is -3.51. The van der Waals surface area contributed by atoms with Crippen molar-refractivity contribution in [1.82, 2.24) is 25.2 Å². The van der Waals surface area contributed by atoms with E-state index in [0.717, 1.165) is 50.7 Å². The molecular formula is C36H44F2N6O3. The number of aromatic nitrogens is 3. The summed E-state index contributed by atoms with van der Waals surface area (Å²) in [6.07, 6.45) is 5.63. The molecule has 0 amide bonds. The number of nitrogens with zero attached hydrogens (tertiary/aromatic N) is 5. The zero-order chi connectivity index (χ0) is 32.5. The molecule has 8 rings (SSSR count). The Kier molecular flexibility index (Phi) is 9.24. The van der Waals surface area contributed by atoms with Gasteiger partial charge in [-0.3, -0.25) is 9.88 Å². The fourth-order valence-electron chi connectivity index (χ4n) is 7.79. The molecule has 4 aromatic rings. The minimum atomic E-state index is -0.576. The van der Waals surface area contributed by atoms with E-state index in [1.54, 1.807) is 25.3 Å². The van der Waals surface area contributed by atoms with Crippen LogP contribution < -0.4 is 15.0 Å². The summed E-state index contributed by atoms with van der Waals surface area (Å²) in [5, 5.41) is 5.50. The lowest BCUT2D eigenvalue weighted by Crippen LogP contribution is -2.53. The maximum atomic E-state index is 16.8. The van der Waals surface area contributed by atoms with Crippen molar-refractivity contribution in [1.29, 1.82) is 0 Å². The van der Waals surface area contributed by atoms with Crippen LogP contribution in [0, 0.1) is 18.6 Å². The lowest BCUT2D eigenvalue weighted by Gasteiger charge is -2.35. The Labute approximate surface area is 274 Å². The number of aryl methyl sites for hydroxylation is 1. The van der Waals surface area contributed by atoms with E-state index >= 15 is 4.39 Å². The number of piperazine rings is 1. The molecule has 0 saturated carbocycles. The van der Waals surface area contributed by atoms with Crippen molar-refractivity contribution in [2.45, 2.75) is 64.1 Å². The second-order valence-electron chi connectivity index (χ2n) is 12.9. The van der Waals surface area contributed by atoms with Gasteiger partial charge in [0.2, 0.25) is 0 Å². The summed E-state index contributed by atoms with van der Waals surface area (Å²) < 4.78 is 50.2. The molecule has 3 unspecified atom stereocenters. The highest BCUT2D eigenvalue weighted by Gasteiger charge is 2.49. The Morgan fingerprint density at radius 2 is 1.91 bits per heavy atom. The first-order chi connectivity index (χ1) is 23.0. The van der Waals surface area contributed by atoms with Crippen molar-refractivity contribution in [3.8, 4) is 17.3 Å². The van der Waals surface area contributed by atoms with Gasteiger partial charge >= 0.3 is 6.01 Å². The summed E-state index contributed by atoms with van der Waals surface area (Å²) in [4.78, 5) is 18.8. The molecule has 2 aromatic carbocycles. The van der Waals surface area contributed by atoms with Gasteiger partial charge in [0.1, 0.15) is 29.5 Å². The Bertz CT molecular complexity index is 1760. The number of nitrogens with one attached hydrogen (secondary N) is 1. The average molecular weight is 647 g/mol. The van der Waals surface area contributed by atoms with Gasteiger partial charge in [-0.25, -0.2) is 8.78 Å². The van der Waals surface area contributed by atoms with Gasteiger partial charge in [-0.1, -0.05) is 38.1 Å². The number of anilines is 1. The van der Waals surface area contributed by atoms with Gasteiger partial charge in [0, 0.05) is 57.2 Å². The second-order valence-corrected chi connectivity index (χ2v) is 12.9. The fraction of sp³-hybridized carbons (Fsp3) is 0.528. The molecule has 0 radical (unpaired) electrons. The third kappa shape index (κ3) is 6.03. The van der Waals surface area contributed by atoms with Gasteiger partial charge in [-0.2, -0.15) is 9.97 Å². The van der Waals surface area contributed by atoms with Gasteiger partial charge in [0.15, 0.2) is 5.82 Å². The van der Waals surface area contributed by atoms with Crippen LogP contribution in [0.15, 0.2) is 36.5 Å².